The third-order valence-electron chi connectivity index (χ3n) is 7.83. The van der Waals surface area contributed by atoms with E-state index in [2.05, 4.69) is 29.0 Å². The molecule has 1 aliphatic heterocycles. The van der Waals surface area contributed by atoms with E-state index in [0.717, 1.165) is 37.5 Å². The van der Waals surface area contributed by atoms with Crippen LogP contribution < -0.4 is 10.6 Å². The standard InChI is InChI=1S/C33H41F4N3O4/c1-6-8-24(9-7-14-41)40-19-33(20-40,18-30(42)38-32(3,4)22-10-13-26(35)28(37)16-22)39-31(43)21(2)15-29(44-5)25-12-11-23(34)17-27(25)36/h10-13,15-17,24,41H,2,6-9,14,18-20H2,1,3-5H3,(H,38,42)(H,39,43)/b29-15-. The molecular formula is C33H41F4N3O4. The maximum Gasteiger partial charge on any atom is 0.251 e. The molecule has 1 atom stereocenters. The highest BCUT2D eigenvalue weighted by atomic mass is 19.2. The molecule has 1 unspecified atom stereocenters. The first kappa shape index (κ1) is 34.8. The van der Waals surface area contributed by atoms with Crippen LogP contribution in [0.25, 0.3) is 5.76 Å². The van der Waals surface area contributed by atoms with Gasteiger partial charge in [0.1, 0.15) is 17.4 Å². The van der Waals surface area contributed by atoms with Gasteiger partial charge >= 0.3 is 0 Å². The quantitative estimate of drug-likeness (QED) is 0.108. The number of benzene rings is 2. The molecule has 0 bridgehead atoms. The van der Waals surface area contributed by atoms with E-state index in [1.165, 1.54) is 25.3 Å². The van der Waals surface area contributed by atoms with E-state index in [4.69, 9.17) is 4.74 Å². The number of methoxy groups -OCH3 is 1. The number of aliphatic hydroxyl groups excluding tert-OH is 1. The second-order valence-electron chi connectivity index (χ2n) is 11.8. The zero-order valence-corrected chi connectivity index (χ0v) is 25.6. The summed E-state index contributed by atoms with van der Waals surface area (Å²) in [4.78, 5) is 28.9. The number of carbonyl (C=O) groups is 2. The number of rotatable bonds is 15. The van der Waals surface area contributed by atoms with Gasteiger partial charge < -0.3 is 20.5 Å². The lowest BCUT2D eigenvalue weighted by Gasteiger charge is -2.53. The van der Waals surface area contributed by atoms with Crippen molar-refractivity contribution >= 4 is 17.6 Å². The smallest absolute Gasteiger partial charge is 0.251 e. The van der Waals surface area contributed by atoms with Gasteiger partial charge in [0.05, 0.1) is 30.2 Å². The minimum Gasteiger partial charge on any atom is -0.496 e. The summed E-state index contributed by atoms with van der Waals surface area (Å²) < 4.78 is 60.5. The summed E-state index contributed by atoms with van der Waals surface area (Å²) in [5.74, 6) is -4.74. The first-order valence-electron chi connectivity index (χ1n) is 14.6. The Labute approximate surface area is 256 Å². The number of nitrogens with zero attached hydrogens (tertiary/aromatic N) is 1. The molecule has 2 aromatic rings. The fraction of sp³-hybridized carbons (Fsp3) is 0.455. The van der Waals surface area contributed by atoms with Crippen molar-refractivity contribution in [3.63, 3.8) is 0 Å². The third-order valence-corrected chi connectivity index (χ3v) is 7.83. The summed E-state index contributed by atoms with van der Waals surface area (Å²) in [6, 6.07) is 6.52. The van der Waals surface area contributed by atoms with Crippen molar-refractivity contribution in [1.82, 2.24) is 15.5 Å². The van der Waals surface area contributed by atoms with Crippen LogP contribution in [0.1, 0.15) is 64.0 Å². The Morgan fingerprint density at radius 3 is 2.39 bits per heavy atom. The van der Waals surface area contributed by atoms with Crippen molar-refractivity contribution in [2.24, 2.45) is 0 Å². The molecule has 2 amide bonds. The van der Waals surface area contributed by atoms with Crippen molar-refractivity contribution in [2.75, 3.05) is 26.8 Å². The fourth-order valence-electron chi connectivity index (χ4n) is 5.53. The molecule has 0 radical (unpaired) electrons. The molecule has 240 valence electrons. The van der Waals surface area contributed by atoms with E-state index >= 15 is 0 Å². The first-order valence-corrected chi connectivity index (χ1v) is 14.6. The number of nitrogens with one attached hydrogen (secondary N) is 2. The van der Waals surface area contributed by atoms with Gasteiger partial charge in [0.15, 0.2) is 11.6 Å². The van der Waals surface area contributed by atoms with Crippen molar-refractivity contribution < 1.29 is 37.0 Å². The highest BCUT2D eigenvalue weighted by molar-refractivity contribution is 5.98. The molecule has 3 rings (SSSR count). The zero-order valence-electron chi connectivity index (χ0n) is 25.6. The molecule has 44 heavy (non-hydrogen) atoms. The third kappa shape index (κ3) is 8.69. The Kier molecular flexibility index (Phi) is 11.7. The predicted molar refractivity (Wildman–Crippen MR) is 160 cm³/mol. The summed E-state index contributed by atoms with van der Waals surface area (Å²) in [5.41, 5.74) is -1.82. The molecule has 1 saturated heterocycles. The molecule has 1 fully saturated rings. The van der Waals surface area contributed by atoms with E-state index in [1.807, 2.05) is 0 Å². The maximum absolute atomic E-state index is 14.4. The van der Waals surface area contributed by atoms with E-state index in [1.54, 1.807) is 13.8 Å². The average molecular weight is 620 g/mol. The Hall–Kier alpha value is -3.70. The largest absolute Gasteiger partial charge is 0.496 e. The Bertz CT molecular complexity index is 1390. The van der Waals surface area contributed by atoms with Crippen LogP contribution in [0.2, 0.25) is 0 Å². The monoisotopic (exact) mass is 619 g/mol. The van der Waals surface area contributed by atoms with Crippen molar-refractivity contribution in [2.45, 2.75) is 70.0 Å². The normalized spacial score (nSPS) is 15.7. The van der Waals surface area contributed by atoms with Gasteiger partial charge in [0.2, 0.25) is 5.91 Å². The number of amides is 2. The van der Waals surface area contributed by atoms with Crippen molar-refractivity contribution in [3.8, 4) is 0 Å². The number of ether oxygens (including phenoxy) is 1. The van der Waals surface area contributed by atoms with E-state index < -0.39 is 46.2 Å². The van der Waals surface area contributed by atoms with Gasteiger partial charge in [-0.05, 0) is 69.0 Å². The SMILES string of the molecule is C=C(/C=C(\OC)c1ccc(F)cc1F)C(=O)NC1(CC(=O)NC(C)(C)c2ccc(F)c(F)c2)CN(C(CCC)CCCO)C1. The van der Waals surface area contributed by atoms with Crippen molar-refractivity contribution in [1.29, 1.82) is 0 Å². The Morgan fingerprint density at radius 2 is 1.80 bits per heavy atom. The van der Waals surface area contributed by atoms with Crippen LogP contribution in [0.15, 0.2) is 54.6 Å². The second kappa shape index (κ2) is 14.9. The predicted octanol–water partition coefficient (Wildman–Crippen LogP) is 5.34. The van der Waals surface area contributed by atoms with Gasteiger partial charge in [0.25, 0.3) is 5.91 Å². The summed E-state index contributed by atoms with van der Waals surface area (Å²) in [5, 5.41) is 15.2. The lowest BCUT2D eigenvalue weighted by atomic mass is 9.82. The highest BCUT2D eigenvalue weighted by Gasteiger charge is 2.48. The van der Waals surface area contributed by atoms with Crippen molar-refractivity contribution in [3.05, 3.63) is 89.0 Å². The molecule has 0 saturated carbocycles. The lowest BCUT2D eigenvalue weighted by molar-refractivity contribution is -0.130. The molecule has 2 aromatic carbocycles. The number of hydrogen-bond acceptors (Lipinski definition) is 5. The van der Waals surface area contributed by atoms with Crippen LogP contribution in [-0.4, -0.2) is 60.2 Å². The molecular weight excluding hydrogens is 578 g/mol. The van der Waals surface area contributed by atoms with Gasteiger partial charge in [-0.25, -0.2) is 17.6 Å². The van der Waals surface area contributed by atoms with Gasteiger partial charge in [-0.1, -0.05) is 26.0 Å². The van der Waals surface area contributed by atoms with Crippen LogP contribution in [-0.2, 0) is 19.9 Å². The summed E-state index contributed by atoms with van der Waals surface area (Å²) in [6.45, 7) is 9.92. The Morgan fingerprint density at radius 1 is 1.09 bits per heavy atom. The molecule has 11 heteroatoms. The van der Waals surface area contributed by atoms with Crippen LogP contribution in [0.5, 0.6) is 0 Å². The molecule has 3 N–H and O–H groups in total. The van der Waals surface area contributed by atoms with Gasteiger partial charge in [-0.3, -0.25) is 14.5 Å². The summed E-state index contributed by atoms with van der Waals surface area (Å²) >= 11 is 0. The van der Waals surface area contributed by atoms with Gasteiger partial charge in [0, 0.05) is 37.4 Å². The Balaban J connectivity index is 1.82. The number of likely N-dealkylation sites (tertiary alicyclic amines) is 1. The summed E-state index contributed by atoms with van der Waals surface area (Å²) in [6.07, 6.45) is 4.26. The van der Waals surface area contributed by atoms with Crippen LogP contribution in [0, 0.1) is 23.3 Å². The van der Waals surface area contributed by atoms with E-state index in [0.29, 0.717) is 31.1 Å². The second-order valence-corrected chi connectivity index (χ2v) is 11.8. The molecule has 1 heterocycles. The van der Waals surface area contributed by atoms with Gasteiger partial charge in [-0.15, -0.1) is 0 Å². The summed E-state index contributed by atoms with van der Waals surface area (Å²) in [7, 11) is 1.28. The minimum atomic E-state index is -1.05. The maximum atomic E-state index is 14.4. The average Bonchev–Trinajstić information content (AvgIpc) is 2.93. The fourth-order valence-corrected chi connectivity index (χ4v) is 5.53. The van der Waals surface area contributed by atoms with E-state index in [9.17, 15) is 32.3 Å². The number of hydrogen-bond donors (Lipinski definition) is 3. The van der Waals surface area contributed by atoms with E-state index in [-0.39, 0.29) is 36.0 Å². The lowest BCUT2D eigenvalue weighted by Crippen LogP contribution is -2.73. The van der Waals surface area contributed by atoms with Crippen LogP contribution >= 0.6 is 0 Å². The molecule has 7 nitrogen and oxygen atoms in total. The number of carbonyl (C=O) groups excluding carboxylic acids is 2. The molecule has 1 aliphatic rings. The van der Waals surface area contributed by atoms with Crippen LogP contribution in [0.4, 0.5) is 17.6 Å². The topological polar surface area (TPSA) is 90.9 Å². The van der Waals surface area contributed by atoms with Crippen LogP contribution in [0.3, 0.4) is 0 Å². The molecule has 0 aliphatic carbocycles. The zero-order chi connectivity index (χ0) is 32.7. The van der Waals surface area contributed by atoms with Gasteiger partial charge in [-0.2, -0.15) is 0 Å². The molecule has 0 aromatic heterocycles. The molecule has 0 spiro atoms. The highest BCUT2D eigenvalue weighted by Crippen LogP contribution is 2.32. The number of halogens is 4. The first-order chi connectivity index (χ1) is 20.7. The minimum absolute atomic E-state index is 0.0371. The number of aliphatic hydroxyl groups is 1.